The average molecular weight is 617 g/mol. The molecule has 2 aromatic carbocycles. The first kappa shape index (κ1) is 30.5. The quantitative estimate of drug-likeness (QED) is 0.230. The first-order chi connectivity index (χ1) is 21.5. The van der Waals surface area contributed by atoms with Gasteiger partial charge in [0.25, 0.3) is 0 Å². The summed E-state index contributed by atoms with van der Waals surface area (Å²) < 4.78 is 41.1. The first-order valence-corrected chi connectivity index (χ1v) is 15.1. The SMILES string of the molecule is C=C[C@H](Nc1nccc(C2=C(c3cccc(C(F)(F)F)c3)NC(=O)C(C)(C(=O)NC3CN4CCC3CC4)C2)n1)c1ccccc1. The number of aromatic nitrogens is 2. The smallest absolute Gasteiger partial charge is 0.351 e. The van der Waals surface area contributed by atoms with Crippen LogP contribution in [-0.4, -0.2) is 52.4 Å². The largest absolute Gasteiger partial charge is 0.416 e. The van der Waals surface area contributed by atoms with Gasteiger partial charge in [-0.25, -0.2) is 9.97 Å². The molecule has 0 saturated carbocycles. The van der Waals surface area contributed by atoms with Gasteiger partial charge in [0.1, 0.15) is 5.41 Å². The molecule has 2 bridgehead atoms. The van der Waals surface area contributed by atoms with Crippen LogP contribution >= 0.6 is 0 Å². The highest BCUT2D eigenvalue weighted by Gasteiger charge is 2.48. The number of hydrogen-bond acceptors (Lipinski definition) is 6. The molecule has 8 nitrogen and oxygen atoms in total. The maximum Gasteiger partial charge on any atom is 0.416 e. The number of carbonyl (C=O) groups is 2. The van der Waals surface area contributed by atoms with E-state index in [1.165, 1.54) is 18.3 Å². The van der Waals surface area contributed by atoms with E-state index in [4.69, 9.17) is 4.98 Å². The van der Waals surface area contributed by atoms with E-state index in [9.17, 15) is 22.8 Å². The van der Waals surface area contributed by atoms with Crippen molar-refractivity contribution < 1.29 is 22.8 Å². The first-order valence-electron chi connectivity index (χ1n) is 15.1. The topological polar surface area (TPSA) is 99.2 Å². The number of benzene rings is 2. The normalized spacial score (nSPS) is 25.3. The lowest BCUT2D eigenvalue weighted by Crippen LogP contribution is -2.61. The third kappa shape index (κ3) is 6.22. The number of carbonyl (C=O) groups excluding carboxylic acids is 2. The summed E-state index contributed by atoms with van der Waals surface area (Å²) in [6.45, 7) is 8.24. The van der Waals surface area contributed by atoms with Crippen molar-refractivity contribution >= 4 is 29.0 Å². The van der Waals surface area contributed by atoms with Crippen molar-refractivity contribution in [3.8, 4) is 0 Å². The fourth-order valence-electron chi connectivity index (χ4n) is 6.48. The van der Waals surface area contributed by atoms with E-state index in [1.54, 1.807) is 19.1 Å². The van der Waals surface area contributed by atoms with E-state index in [0.717, 1.165) is 50.2 Å². The molecular formula is C34H35F3N6O2. The van der Waals surface area contributed by atoms with E-state index in [-0.39, 0.29) is 35.7 Å². The molecule has 3 fully saturated rings. The summed E-state index contributed by atoms with van der Waals surface area (Å²) in [4.78, 5) is 39.0. The van der Waals surface area contributed by atoms with Gasteiger partial charge in [-0.15, -0.1) is 6.58 Å². The lowest BCUT2D eigenvalue weighted by atomic mass is 9.75. The second-order valence-electron chi connectivity index (χ2n) is 12.1. The summed E-state index contributed by atoms with van der Waals surface area (Å²) in [6.07, 6.45) is 0.580. The van der Waals surface area contributed by atoms with Crippen LogP contribution in [0.3, 0.4) is 0 Å². The van der Waals surface area contributed by atoms with E-state index in [1.807, 2.05) is 30.3 Å². The van der Waals surface area contributed by atoms with Gasteiger partial charge in [-0.1, -0.05) is 48.5 Å². The number of alkyl halides is 3. The fraction of sp³-hybridized carbons (Fsp3) is 0.353. The molecule has 3 N–H and O–H groups in total. The van der Waals surface area contributed by atoms with Crippen LogP contribution in [0.25, 0.3) is 11.3 Å². The summed E-state index contributed by atoms with van der Waals surface area (Å²) in [5.74, 6) is -0.390. The minimum atomic E-state index is -4.58. The molecule has 3 saturated heterocycles. The van der Waals surface area contributed by atoms with Crippen LogP contribution < -0.4 is 16.0 Å². The van der Waals surface area contributed by atoms with Crippen molar-refractivity contribution in [1.29, 1.82) is 0 Å². The van der Waals surface area contributed by atoms with Gasteiger partial charge in [-0.3, -0.25) is 9.59 Å². The monoisotopic (exact) mass is 616 g/mol. The molecule has 5 heterocycles. The molecule has 2 amide bonds. The Hall–Kier alpha value is -4.51. The molecule has 1 aromatic heterocycles. The molecule has 3 aromatic rings. The minimum absolute atomic E-state index is 0.0643. The van der Waals surface area contributed by atoms with E-state index in [0.29, 0.717) is 17.2 Å². The molecule has 0 radical (unpaired) electrons. The maximum absolute atomic E-state index is 13.9. The molecule has 234 valence electrons. The third-order valence-electron chi connectivity index (χ3n) is 9.17. The lowest BCUT2D eigenvalue weighted by molar-refractivity contribution is -0.143. The van der Waals surface area contributed by atoms with Crippen LogP contribution in [0.4, 0.5) is 19.1 Å². The Labute approximate surface area is 259 Å². The maximum atomic E-state index is 13.9. The van der Waals surface area contributed by atoms with Crippen molar-refractivity contribution in [2.75, 3.05) is 25.0 Å². The standard InChI is InChI=1S/C34H35F3N6O2/c1-3-26(21-8-5-4-6-9-21)40-32-38-15-12-27(41-32)25-19-33(2,30(44)39-28-20-43-16-13-22(28)14-17-43)31(45)42-29(25)23-10-7-11-24(18-23)34(35,36)37/h3-12,15,18,22,26,28H,1,13-14,16-17,19-20H2,2H3,(H,39,44)(H,42,45)(H,38,40,41)/t26-,28?,33?/m0/s1. The molecule has 45 heavy (non-hydrogen) atoms. The Kier molecular flexibility index (Phi) is 8.22. The van der Waals surface area contributed by atoms with Crippen molar-refractivity contribution in [3.63, 3.8) is 0 Å². The van der Waals surface area contributed by atoms with Crippen LogP contribution in [0.1, 0.15) is 54.6 Å². The Morgan fingerprint density at radius 2 is 1.89 bits per heavy atom. The summed E-state index contributed by atoms with van der Waals surface area (Å²) in [7, 11) is 0. The highest BCUT2D eigenvalue weighted by atomic mass is 19.4. The van der Waals surface area contributed by atoms with Gasteiger partial charge in [0.2, 0.25) is 17.8 Å². The number of halogens is 3. The third-order valence-corrected chi connectivity index (χ3v) is 9.17. The number of allylic oxidation sites excluding steroid dienone is 1. The zero-order chi connectivity index (χ0) is 31.8. The van der Waals surface area contributed by atoms with Gasteiger partial charge >= 0.3 is 6.18 Å². The van der Waals surface area contributed by atoms with Gasteiger partial charge in [0, 0.05) is 24.4 Å². The molecule has 4 aliphatic heterocycles. The van der Waals surface area contributed by atoms with Crippen molar-refractivity contribution in [1.82, 2.24) is 25.5 Å². The molecule has 2 unspecified atom stereocenters. The fourth-order valence-corrected chi connectivity index (χ4v) is 6.48. The van der Waals surface area contributed by atoms with E-state index < -0.39 is 29.0 Å². The van der Waals surface area contributed by atoms with Gasteiger partial charge in [0.15, 0.2) is 0 Å². The zero-order valence-electron chi connectivity index (χ0n) is 24.9. The molecule has 0 spiro atoms. The summed E-state index contributed by atoms with van der Waals surface area (Å²) >= 11 is 0. The molecular weight excluding hydrogens is 581 g/mol. The van der Waals surface area contributed by atoms with Crippen molar-refractivity contribution in [2.45, 2.75) is 44.4 Å². The highest BCUT2D eigenvalue weighted by molar-refractivity contribution is 6.13. The predicted octanol–water partition coefficient (Wildman–Crippen LogP) is 5.44. The number of rotatable bonds is 8. The molecule has 3 atom stereocenters. The molecule has 0 aliphatic carbocycles. The summed E-state index contributed by atoms with van der Waals surface area (Å²) in [5.41, 5.74) is -0.303. The number of nitrogens with zero attached hydrogens (tertiary/aromatic N) is 3. The number of fused-ring (bicyclic) bond motifs is 3. The zero-order valence-corrected chi connectivity index (χ0v) is 24.9. The van der Waals surface area contributed by atoms with Crippen molar-refractivity contribution in [3.05, 3.63) is 102 Å². The number of amides is 2. The second kappa shape index (κ2) is 12.1. The van der Waals surface area contributed by atoms with Gasteiger partial charge < -0.3 is 20.9 Å². The Morgan fingerprint density at radius 1 is 1.13 bits per heavy atom. The van der Waals surface area contributed by atoms with Crippen LogP contribution in [0.2, 0.25) is 0 Å². The lowest BCUT2D eigenvalue weighted by Gasteiger charge is -2.46. The Bertz CT molecular complexity index is 1630. The van der Waals surface area contributed by atoms with Gasteiger partial charge in [-0.2, -0.15) is 13.2 Å². The number of anilines is 1. The van der Waals surface area contributed by atoms with Gasteiger partial charge in [0.05, 0.1) is 23.0 Å². The summed E-state index contributed by atoms with van der Waals surface area (Å²) in [5, 5.41) is 9.19. The van der Waals surface area contributed by atoms with E-state index >= 15 is 0 Å². The number of hydrogen-bond donors (Lipinski definition) is 3. The van der Waals surface area contributed by atoms with Crippen LogP contribution in [0, 0.1) is 11.3 Å². The Morgan fingerprint density at radius 3 is 2.56 bits per heavy atom. The minimum Gasteiger partial charge on any atom is -0.351 e. The van der Waals surface area contributed by atoms with Crippen LogP contribution in [0.15, 0.2) is 79.5 Å². The van der Waals surface area contributed by atoms with Crippen LogP contribution in [-0.2, 0) is 15.8 Å². The Balaban J connectivity index is 1.38. The molecule has 7 rings (SSSR count). The number of nitrogens with one attached hydrogen (secondary N) is 3. The van der Waals surface area contributed by atoms with Gasteiger partial charge in [-0.05, 0) is 74.5 Å². The molecule has 11 heteroatoms. The number of piperidine rings is 3. The van der Waals surface area contributed by atoms with E-state index in [2.05, 4.69) is 32.4 Å². The second-order valence-corrected chi connectivity index (χ2v) is 12.1. The average Bonchev–Trinajstić information content (AvgIpc) is 3.05. The van der Waals surface area contributed by atoms with Crippen molar-refractivity contribution in [2.24, 2.45) is 11.3 Å². The predicted molar refractivity (Wildman–Crippen MR) is 165 cm³/mol. The van der Waals surface area contributed by atoms with Crippen LogP contribution in [0.5, 0.6) is 0 Å². The molecule has 4 aliphatic rings. The summed E-state index contributed by atoms with van der Waals surface area (Å²) in [6, 6.07) is 15.6. The highest BCUT2D eigenvalue weighted by Crippen LogP contribution is 2.42.